The maximum absolute atomic E-state index is 6.03. The van der Waals surface area contributed by atoms with Crippen LogP contribution >= 0.6 is 11.3 Å². The number of thiophene rings is 1. The van der Waals surface area contributed by atoms with Crippen LogP contribution in [0, 0.1) is 5.92 Å². The Morgan fingerprint density at radius 3 is 2.60 bits per heavy atom. The molecule has 1 aromatic rings. The first-order valence-corrected chi connectivity index (χ1v) is 9.11. The first-order chi connectivity index (χ1) is 9.81. The Morgan fingerprint density at radius 2 is 1.80 bits per heavy atom. The molecule has 114 valence electrons. The third-order valence-corrected chi connectivity index (χ3v) is 4.87. The summed E-state index contributed by atoms with van der Waals surface area (Å²) in [6.07, 6.45) is 11.1. The van der Waals surface area contributed by atoms with Crippen LogP contribution in [0.4, 0.5) is 0 Å². The van der Waals surface area contributed by atoms with E-state index in [9.17, 15) is 0 Å². The van der Waals surface area contributed by atoms with E-state index < -0.39 is 0 Å². The number of hydrogen-bond donors (Lipinski definition) is 0. The van der Waals surface area contributed by atoms with Gasteiger partial charge in [-0.2, -0.15) is 0 Å². The van der Waals surface area contributed by atoms with E-state index in [4.69, 9.17) is 9.47 Å². The molecule has 1 aliphatic heterocycles. The van der Waals surface area contributed by atoms with E-state index in [1.807, 2.05) is 10.8 Å². The predicted octanol–water partition coefficient (Wildman–Crippen LogP) is 5.66. The SMILES string of the molecule is CCCCCCCCCC(C)C1COc2cscc2O1. The molecule has 1 aliphatic rings. The van der Waals surface area contributed by atoms with Gasteiger partial charge in [-0.25, -0.2) is 0 Å². The molecule has 0 radical (unpaired) electrons. The maximum atomic E-state index is 6.03. The minimum Gasteiger partial charge on any atom is -0.485 e. The molecule has 0 amide bonds. The van der Waals surface area contributed by atoms with E-state index in [0.717, 1.165) is 11.5 Å². The number of unbranched alkanes of at least 4 members (excludes halogenated alkanes) is 6. The summed E-state index contributed by atoms with van der Waals surface area (Å²) in [6.45, 7) is 5.27. The second-order valence-electron chi connectivity index (χ2n) is 5.95. The highest BCUT2D eigenvalue weighted by Gasteiger charge is 2.26. The molecular formula is C17H28O2S. The summed E-state index contributed by atoms with van der Waals surface area (Å²) in [5.41, 5.74) is 0. The zero-order chi connectivity index (χ0) is 14.2. The van der Waals surface area contributed by atoms with Gasteiger partial charge in [0.1, 0.15) is 12.7 Å². The first-order valence-electron chi connectivity index (χ1n) is 8.17. The first kappa shape index (κ1) is 15.7. The van der Waals surface area contributed by atoms with Crippen LogP contribution in [0.2, 0.25) is 0 Å². The van der Waals surface area contributed by atoms with Crippen molar-refractivity contribution in [3.05, 3.63) is 10.8 Å². The van der Waals surface area contributed by atoms with Gasteiger partial charge in [0.15, 0.2) is 11.5 Å². The third-order valence-electron chi connectivity index (χ3n) is 4.17. The number of ether oxygens (including phenoxy) is 2. The van der Waals surface area contributed by atoms with Gasteiger partial charge in [0, 0.05) is 10.8 Å². The number of fused-ring (bicyclic) bond motifs is 1. The average Bonchev–Trinajstić information content (AvgIpc) is 2.93. The van der Waals surface area contributed by atoms with Crippen LogP contribution in [0.5, 0.6) is 11.5 Å². The van der Waals surface area contributed by atoms with Crippen molar-refractivity contribution in [3.8, 4) is 11.5 Å². The van der Waals surface area contributed by atoms with Gasteiger partial charge in [-0.1, -0.05) is 58.8 Å². The van der Waals surface area contributed by atoms with E-state index in [1.54, 1.807) is 11.3 Å². The molecule has 0 saturated heterocycles. The van der Waals surface area contributed by atoms with E-state index in [1.165, 1.54) is 51.4 Å². The van der Waals surface area contributed by atoms with Crippen molar-refractivity contribution < 1.29 is 9.47 Å². The molecule has 2 rings (SSSR count). The highest BCUT2D eigenvalue weighted by atomic mass is 32.1. The van der Waals surface area contributed by atoms with Gasteiger partial charge in [-0.05, 0) is 12.3 Å². The van der Waals surface area contributed by atoms with Crippen LogP contribution in [0.15, 0.2) is 10.8 Å². The van der Waals surface area contributed by atoms with Gasteiger partial charge >= 0.3 is 0 Å². The Labute approximate surface area is 127 Å². The molecular weight excluding hydrogens is 268 g/mol. The fraction of sp³-hybridized carbons (Fsp3) is 0.765. The Hall–Kier alpha value is -0.700. The maximum Gasteiger partial charge on any atom is 0.172 e. The van der Waals surface area contributed by atoms with E-state index in [2.05, 4.69) is 13.8 Å². The van der Waals surface area contributed by atoms with Crippen LogP contribution in [0.3, 0.4) is 0 Å². The summed E-state index contributed by atoms with van der Waals surface area (Å²) in [5, 5.41) is 4.06. The fourth-order valence-corrected chi connectivity index (χ4v) is 3.39. The molecule has 1 aromatic heterocycles. The topological polar surface area (TPSA) is 18.5 Å². The summed E-state index contributed by atoms with van der Waals surface area (Å²) in [5.74, 6) is 2.45. The van der Waals surface area contributed by atoms with Gasteiger partial charge in [-0.3, -0.25) is 0 Å². The summed E-state index contributed by atoms with van der Waals surface area (Å²) in [7, 11) is 0. The molecule has 0 spiro atoms. The lowest BCUT2D eigenvalue weighted by atomic mass is 9.96. The van der Waals surface area contributed by atoms with Crippen LogP contribution in [0.1, 0.15) is 65.2 Å². The number of rotatable bonds is 9. The normalized spacial score (nSPS) is 19.0. The lowest BCUT2D eigenvalue weighted by molar-refractivity contribution is 0.0509. The molecule has 0 saturated carbocycles. The monoisotopic (exact) mass is 296 g/mol. The zero-order valence-corrected chi connectivity index (χ0v) is 13.7. The van der Waals surface area contributed by atoms with Gasteiger partial charge < -0.3 is 9.47 Å². The average molecular weight is 296 g/mol. The molecule has 0 bridgehead atoms. The number of hydrogen-bond acceptors (Lipinski definition) is 3. The lowest BCUT2D eigenvalue weighted by Crippen LogP contribution is -2.34. The Balaban J connectivity index is 1.58. The van der Waals surface area contributed by atoms with Crippen LogP contribution < -0.4 is 9.47 Å². The Morgan fingerprint density at radius 1 is 1.10 bits per heavy atom. The third kappa shape index (κ3) is 4.69. The molecule has 3 heteroatoms. The highest BCUT2D eigenvalue weighted by molar-refractivity contribution is 7.08. The van der Waals surface area contributed by atoms with Crippen molar-refractivity contribution in [2.45, 2.75) is 71.3 Å². The van der Waals surface area contributed by atoms with Gasteiger partial charge in [0.05, 0.1) is 0 Å². The Bertz CT molecular complexity index is 375. The van der Waals surface area contributed by atoms with Gasteiger partial charge in [0.25, 0.3) is 0 Å². The molecule has 0 fully saturated rings. The van der Waals surface area contributed by atoms with E-state index in [-0.39, 0.29) is 6.10 Å². The smallest absolute Gasteiger partial charge is 0.172 e. The van der Waals surface area contributed by atoms with E-state index in [0.29, 0.717) is 12.5 Å². The summed E-state index contributed by atoms with van der Waals surface area (Å²) >= 11 is 1.65. The van der Waals surface area contributed by atoms with Crippen LogP contribution in [-0.2, 0) is 0 Å². The Kier molecular flexibility index (Phi) is 6.71. The summed E-state index contributed by atoms with van der Waals surface area (Å²) < 4.78 is 11.8. The molecule has 0 aliphatic carbocycles. The van der Waals surface area contributed by atoms with Gasteiger partial charge in [-0.15, -0.1) is 11.3 Å². The molecule has 0 aromatic carbocycles. The van der Waals surface area contributed by atoms with Crippen molar-refractivity contribution in [2.24, 2.45) is 5.92 Å². The lowest BCUT2D eigenvalue weighted by Gasteiger charge is -2.29. The standard InChI is InChI=1S/C17H28O2S/c1-3-4-5-6-7-8-9-10-14(2)15-11-18-16-12-20-13-17(16)19-15/h12-15H,3-11H2,1-2H3. The second-order valence-corrected chi connectivity index (χ2v) is 6.70. The van der Waals surface area contributed by atoms with Crippen molar-refractivity contribution in [3.63, 3.8) is 0 Å². The highest BCUT2D eigenvalue weighted by Crippen LogP contribution is 2.37. The van der Waals surface area contributed by atoms with Crippen LogP contribution in [0.25, 0.3) is 0 Å². The molecule has 20 heavy (non-hydrogen) atoms. The summed E-state index contributed by atoms with van der Waals surface area (Å²) in [6, 6.07) is 0. The van der Waals surface area contributed by atoms with Crippen molar-refractivity contribution >= 4 is 11.3 Å². The van der Waals surface area contributed by atoms with Crippen LogP contribution in [-0.4, -0.2) is 12.7 Å². The molecule has 0 N–H and O–H groups in total. The molecule has 2 unspecified atom stereocenters. The summed E-state index contributed by atoms with van der Waals surface area (Å²) in [4.78, 5) is 0. The molecule has 2 atom stereocenters. The van der Waals surface area contributed by atoms with Crippen molar-refractivity contribution in [2.75, 3.05) is 6.61 Å². The predicted molar refractivity (Wildman–Crippen MR) is 86.0 cm³/mol. The van der Waals surface area contributed by atoms with Gasteiger partial charge in [0.2, 0.25) is 0 Å². The quantitative estimate of drug-likeness (QED) is 0.547. The van der Waals surface area contributed by atoms with Crippen molar-refractivity contribution in [1.29, 1.82) is 0 Å². The molecule has 2 heterocycles. The van der Waals surface area contributed by atoms with E-state index >= 15 is 0 Å². The zero-order valence-electron chi connectivity index (χ0n) is 12.9. The minimum atomic E-state index is 0.234. The minimum absolute atomic E-state index is 0.234. The second kappa shape index (κ2) is 8.56. The van der Waals surface area contributed by atoms with Crippen molar-refractivity contribution in [1.82, 2.24) is 0 Å². The molecule has 2 nitrogen and oxygen atoms in total. The largest absolute Gasteiger partial charge is 0.485 e. The fourth-order valence-electron chi connectivity index (χ4n) is 2.72.